The van der Waals surface area contributed by atoms with Crippen LogP contribution in [0.3, 0.4) is 0 Å². The summed E-state index contributed by atoms with van der Waals surface area (Å²) in [6.07, 6.45) is -1.91. The molecule has 2 aromatic rings. The van der Waals surface area contributed by atoms with E-state index in [1.54, 1.807) is 37.3 Å². The lowest BCUT2D eigenvalue weighted by Crippen LogP contribution is -2.56. The molecule has 1 fully saturated rings. The molecule has 0 aliphatic carbocycles. The second kappa shape index (κ2) is 11.7. The van der Waals surface area contributed by atoms with E-state index in [0.29, 0.717) is 11.1 Å². The van der Waals surface area contributed by atoms with Crippen molar-refractivity contribution in [2.75, 3.05) is 13.1 Å². The van der Waals surface area contributed by atoms with Crippen molar-refractivity contribution in [2.24, 2.45) is 11.3 Å². The van der Waals surface area contributed by atoms with E-state index in [9.17, 15) is 33.4 Å². The number of nitrogens with one attached hydrogen (secondary N) is 2. The fourth-order valence-electron chi connectivity index (χ4n) is 4.58. The predicted molar refractivity (Wildman–Crippen MR) is 142 cm³/mol. The number of phenols is 1. The Morgan fingerprint density at radius 1 is 1.10 bits per heavy atom. The largest absolute Gasteiger partial charge is 0.508 e. The Morgan fingerprint density at radius 3 is 2.36 bits per heavy atom. The van der Waals surface area contributed by atoms with Crippen molar-refractivity contribution < 1.29 is 33.4 Å². The van der Waals surface area contributed by atoms with Crippen LogP contribution in [0.25, 0.3) is 0 Å². The molecule has 2 aromatic carbocycles. The molecule has 3 rings (SSSR count). The van der Waals surface area contributed by atoms with E-state index in [1.165, 1.54) is 25.1 Å². The molecule has 1 heterocycles. The normalized spacial score (nSPS) is 20.3. The Morgan fingerprint density at radius 2 is 1.74 bits per heavy atom. The predicted octanol–water partition coefficient (Wildman–Crippen LogP) is 3.05. The highest BCUT2D eigenvalue weighted by Crippen LogP contribution is 2.38. The molecule has 3 amide bonds. The van der Waals surface area contributed by atoms with Gasteiger partial charge in [-0.3, -0.25) is 14.4 Å². The molecular formula is C29H37F2N3O5. The Hall–Kier alpha value is -3.53. The van der Waals surface area contributed by atoms with Gasteiger partial charge in [0, 0.05) is 17.7 Å². The number of aliphatic hydroxyl groups is 1. The minimum Gasteiger partial charge on any atom is -0.508 e. The van der Waals surface area contributed by atoms with E-state index in [4.69, 9.17) is 0 Å². The summed E-state index contributed by atoms with van der Waals surface area (Å²) in [5.74, 6) is -7.40. The number of benzene rings is 2. The number of halogens is 2. The average Bonchev–Trinajstić information content (AvgIpc) is 3.11. The van der Waals surface area contributed by atoms with Crippen molar-refractivity contribution in [2.45, 2.75) is 65.1 Å². The molecule has 1 aliphatic rings. The van der Waals surface area contributed by atoms with Crippen LogP contribution in [0.15, 0.2) is 48.5 Å². The first kappa shape index (κ1) is 30.0. The molecule has 212 valence electrons. The number of hydrogen-bond acceptors (Lipinski definition) is 5. The molecule has 0 aromatic heterocycles. The van der Waals surface area contributed by atoms with Crippen LogP contribution >= 0.6 is 0 Å². The standard InChI is InChI=1S/C29H37F2N3O5/c1-17-20(12-9-13-22(17)35)25(37)33-21(14-19-10-7-6-8-11-19)24(36)27(39)34-16-29(30,31)18(2)23(34)26(38)32-15-28(3,4)5/h6-13,18,21,23-24,35-36H,14-16H2,1-5H3,(H,32,38)(H,33,37)/t18?,21-,23-,24-/m0/s1. The SMILES string of the molecule is Cc1c(O)cccc1C(=O)N[C@@H](Cc1ccccc1)[C@H](O)C(=O)N1CC(F)(F)C(C)[C@H]1C(=O)NCC(C)(C)C. The van der Waals surface area contributed by atoms with Crippen LogP contribution < -0.4 is 10.6 Å². The highest BCUT2D eigenvalue weighted by Gasteiger charge is 2.57. The summed E-state index contributed by atoms with van der Waals surface area (Å²) in [5, 5.41) is 26.5. The molecule has 4 atom stereocenters. The molecule has 0 radical (unpaired) electrons. The van der Waals surface area contributed by atoms with Crippen molar-refractivity contribution in [3.05, 3.63) is 65.2 Å². The molecule has 1 saturated heterocycles. The number of nitrogens with zero attached hydrogens (tertiary/aromatic N) is 1. The second-order valence-corrected chi connectivity index (χ2v) is 11.4. The Labute approximate surface area is 227 Å². The van der Waals surface area contributed by atoms with Gasteiger partial charge in [-0.25, -0.2) is 8.78 Å². The molecule has 1 unspecified atom stereocenters. The van der Waals surface area contributed by atoms with E-state index >= 15 is 0 Å². The first-order valence-electron chi connectivity index (χ1n) is 12.9. The van der Waals surface area contributed by atoms with Gasteiger partial charge in [-0.15, -0.1) is 0 Å². The highest BCUT2D eigenvalue weighted by molar-refractivity contribution is 5.97. The zero-order valence-corrected chi connectivity index (χ0v) is 22.9. The zero-order valence-electron chi connectivity index (χ0n) is 22.9. The van der Waals surface area contributed by atoms with Crippen molar-refractivity contribution in [1.82, 2.24) is 15.5 Å². The van der Waals surface area contributed by atoms with E-state index in [-0.39, 0.29) is 29.7 Å². The molecule has 10 heteroatoms. The van der Waals surface area contributed by atoms with E-state index in [1.807, 2.05) is 20.8 Å². The fraction of sp³-hybridized carbons (Fsp3) is 0.483. The van der Waals surface area contributed by atoms with Gasteiger partial charge in [0.15, 0.2) is 6.10 Å². The highest BCUT2D eigenvalue weighted by atomic mass is 19.3. The summed E-state index contributed by atoms with van der Waals surface area (Å²) < 4.78 is 29.6. The van der Waals surface area contributed by atoms with Crippen LogP contribution in [-0.4, -0.2) is 70.0 Å². The van der Waals surface area contributed by atoms with Crippen LogP contribution in [0.5, 0.6) is 5.75 Å². The van der Waals surface area contributed by atoms with Gasteiger partial charge in [-0.1, -0.05) is 64.1 Å². The first-order chi connectivity index (χ1) is 18.1. The van der Waals surface area contributed by atoms with Crippen molar-refractivity contribution in [3.63, 3.8) is 0 Å². The third kappa shape index (κ3) is 7.11. The Balaban J connectivity index is 1.90. The summed E-state index contributed by atoms with van der Waals surface area (Å²) in [4.78, 5) is 40.4. The van der Waals surface area contributed by atoms with Gasteiger partial charge in [-0.05, 0) is 36.5 Å². The maximum absolute atomic E-state index is 14.8. The topological polar surface area (TPSA) is 119 Å². The van der Waals surface area contributed by atoms with Crippen molar-refractivity contribution in [1.29, 1.82) is 0 Å². The lowest BCUT2D eigenvalue weighted by atomic mass is 9.95. The van der Waals surface area contributed by atoms with E-state index < -0.39 is 54.3 Å². The molecule has 8 nitrogen and oxygen atoms in total. The van der Waals surface area contributed by atoms with Crippen molar-refractivity contribution >= 4 is 17.7 Å². The molecule has 4 N–H and O–H groups in total. The smallest absolute Gasteiger partial charge is 0.270 e. The maximum Gasteiger partial charge on any atom is 0.270 e. The number of carbonyl (C=O) groups is 3. The number of carbonyl (C=O) groups excluding carboxylic acids is 3. The third-order valence-corrected chi connectivity index (χ3v) is 7.00. The number of amides is 3. The lowest BCUT2D eigenvalue weighted by Gasteiger charge is -2.31. The summed E-state index contributed by atoms with van der Waals surface area (Å²) >= 11 is 0. The second-order valence-electron chi connectivity index (χ2n) is 11.4. The summed E-state index contributed by atoms with van der Waals surface area (Å²) in [6, 6.07) is 10.4. The molecule has 39 heavy (non-hydrogen) atoms. The van der Waals surface area contributed by atoms with Gasteiger partial charge >= 0.3 is 0 Å². The number of aromatic hydroxyl groups is 1. The number of rotatable bonds is 8. The number of aliphatic hydroxyl groups excluding tert-OH is 1. The van der Waals surface area contributed by atoms with Gasteiger partial charge in [0.1, 0.15) is 11.8 Å². The van der Waals surface area contributed by atoms with Crippen LogP contribution in [0, 0.1) is 18.3 Å². The lowest BCUT2D eigenvalue weighted by molar-refractivity contribution is -0.147. The van der Waals surface area contributed by atoms with E-state index in [0.717, 1.165) is 4.90 Å². The Kier molecular flexibility index (Phi) is 9.00. The van der Waals surface area contributed by atoms with E-state index in [2.05, 4.69) is 10.6 Å². The number of alkyl halides is 2. The molecular weight excluding hydrogens is 508 g/mol. The number of hydrogen-bond donors (Lipinski definition) is 4. The minimum absolute atomic E-state index is 0.0119. The molecule has 0 saturated carbocycles. The van der Waals surface area contributed by atoms with Crippen LogP contribution in [0.4, 0.5) is 8.78 Å². The zero-order chi connectivity index (χ0) is 29.1. The molecule has 0 bridgehead atoms. The minimum atomic E-state index is -3.35. The fourth-order valence-corrected chi connectivity index (χ4v) is 4.58. The first-order valence-corrected chi connectivity index (χ1v) is 12.9. The quantitative estimate of drug-likeness (QED) is 0.407. The molecule has 0 spiro atoms. The van der Waals surface area contributed by atoms with Gasteiger partial charge in [0.05, 0.1) is 18.5 Å². The summed E-state index contributed by atoms with van der Waals surface area (Å²) in [5.41, 5.74) is 0.803. The number of phenolic OH excluding ortho intramolecular Hbond substituents is 1. The summed E-state index contributed by atoms with van der Waals surface area (Å²) in [6.45, 7) is 7.55. The van der Waals surface area contributed by atoms with Gasteiger partial charge in [0.25, 0.3) is 17.7 Å². The monoisotopic (exact) mass is 545 g/mol. The maximum atomic E-state index is 14.8. The molecule has 1 aliphatic heterocycles. The van der Waals surface area contributed by atoms with Gasteiger partial charge in [-0.2, -0.15) is 0 Å². The van der Waals surface area contributed by atoms with Crippen LogP contribution in [-0.2, 0) is 16.0 Å². The summed E-state index contributed by atoms with van der Waals surface area (Å²) in [7, 11) is 0. The Bertz CT molecular complexity index is 1200. The number of likely N-dealkylation sites (tertiary alicyclic amines) is 1. The third-order valence-electron chi connectivity index (χ3n) is 7.00. The van der Waals surface area contributed by atoms with Gasteiger partial charge in [0.2, 0.25) is 5.91 Å². The van der Waals surface area contributed by atoms with Crippen LogP contribution in [0.1, 0.15) is 49.2 Å². The van der Waals surface area contributed by atoms with Crippen LogP contribution in [0.2, 0.25) is 0 Å². The average molecular weight is 546 g/mol. The van der Waals surface area contributed by atoms with Gasteiger partial charge < -0.3 is 25.7 Å². The van der Waals surface area contributed by atoms with Crippen molar-refractivity contribution in [3.8, 4) is 5.75 Å².